The monoisotopic (exact) mass is 653 g/mol. The van der Waals surface area contributed by atoms with Gasteiger partial charge in [-0.2, -0.15) is 0 Å². The van der Waals surface area contributed by atoms with Crippen LogP contribution in [0, 0.1) is 0 Å². The number of aliphatic hydroxyl groups excluding tert-OH is 1. The van der Waals surface area contributed by atoms with Crippen LogP contribution in [-0.2, 0) is 29.5 Å². The zero-order valence-electron chi connectivity index (χ0n) is 24.3. The van der Waals surface area contributed by atoms with Crippen molar-refractivity contribution in [1.82, 2.24) is 15.2 Å². The van der Waals surface area contributed by atoms with Crippen molar-refractivity contribution < 1.29 is 29.1 Å². The van der Waals surface area contributed by atoms with Crippen molar-refractivity contribution in [2.45, 2.75) is 23.2 Å². The predicted molar refractivity (Wildman–Crippen MR) is 173 cm³/mol. The SMILES string of the molecule is CO/N=C(/C(=O)NC1C(=O)N2C3=C(CSC12)C(O)OC3=O)c1csc(NC(c2ccccc2)(c2ccccc2)c2ccccc2)n1. The van der Waals surface area contributed by atoms with Crippen molar-refractivity contribution in [3.8, 4) is 0 Å². The van der Waals surface area contributed by atoms with Gasteiger partial charge in [0.1, 0.15) is 35.5 Å². The summed E-state index contributed by atoms with van der Waals surface area (Å²) in [4.78, 5) is 50.0. The van der Waals surface area contributed by atoms with Gasteiger partial charge in [0.05, 0.1) is 0 Å². The van der Waals surface area contributed by atoms with Crippen LogP contribution in [0.15, 0.2) is 113 Å². The molecule has 11 nitrogen and oxygen atoms in total. The first-order chi connectivity index (χ1) is 22.4. The minimum Gasteiger partial charge on any atom is -0.427 e. The van der Waals surface area contributed by atoms with Gasteiger partial charge >= 0.3 is 5.97 Å². The third-order valence-corrected chi connectivity index (χ3v) is 10.1. The van der Waals surface area contributed by atoms with Crippen molar-refractivity contribution in [3.05, 3.63) is 130 Å². The molecule has 1 saturated heterocycles. The molecule has 0 saturated carbocycles. The van der Waals surface area contributed by atoms with Crippen LogP contribution in [0.25, 0.3) is 0 Å². The molecule has 0 radical (unpaired) electrons. The largest absolute Gasteiger partial charge is 0.427 e. The summed E-state index contributed by atoms with van der Waals surface area (Å²) in [5.74, 6) is -1.62. The van der Waals surface area contributed by atoms with Gasteiger partial charge in [-0.25, -0.2) is 9.78 Å². The van der Waals surface area contributed by atoms with Crippen molar-refractivity contribution >= 4 is 51.7 Å². The highest BCUT2D eigenvalue weighted by Crippen LogP contribution is 2.44. The number of carbonyl (C=O) groups is 3. The lowest BCUT2D eigenvalue weighted by atomic mass is 9.77. The van der Waals surface area contributed by atoms with E-state index in [0.29, 0.717) is 10.7 Å². The molecule has 3 aromatic carbocycles. The zero-order valence-corrected chi connectivity index (χ0v) is 26.0. The molecule has 1 aromatic heterocycles. The Morgan fingerprint density at radius 3 is 2.15 bits per heavy atom. The van der Waals surface area contributed by atoms with E-state index in [1.165, 1.54) is 35.1 Å². The first-order valence-electron chi connectivity index (χ1n) is 14.3. The van der Waals surface area contributed by atoms with Crippen molar-refractivity contribution in [2.75, 3.05) is 18.2 Å². The minimum absolute atomic E-state index is 0.0477. The van der Waals surface area contributed by atoms with Crippen LogP contribution in [0.5, 0.6) is 0 Å². The number of thiazole rings is 1. The van der Waals surface area contributed by atoms with Crippen LogP contribution in [-0.4, -0.2) is 69.1 Å². The highest BCUT2D eigenvalue weighted by molar-refractivity contribution is 8.00. The third kappa shape index (κ3) is 4.92. The number of aliphatic hydroxyl groups is 1. The summed E-state index contributed by atoms with van der Waals surface area (Å²) < 4.78 is 4.87. The molecule has 3 aliphatic rings. The maximum absolute atomic E-state index is 13.6. The molecule has 46 heavy (non-hydrogen) atoms. The number of fused-ring (bicyclic) bond motifs is 2. The molecule has 4 heterocycles. The van der Waals surface area contributed by atoms with E-state index in [2.05, 4.69) is 52.2 Å². The number of esters is 1. The average molecular weight is 654 g/mol. The quantitative estimate of drug-likeness (QED) is 0.0815. The number of hydrogen-bond acceptors (Lipinski definition) is 11. The Morgan fingerprint density at radius 2 is 1.59 bits per heavy atom. The molecule has 7 rings (SSSR count). The number of thioether (sulfide) groups is 1. The summed E-state index contributed by atoms with van der Waals surface area (Å²) >= 11 is 2.62. The van der Waals surface area contributed by atoms with Gasteiger partial charge in [0.15, 0.2) is 10.8 Å². The first kappa shape index (κ1) is 29.7. The molecule has 232 valence electrons. The van der Waals surface area contributed by atoms with E-state index in [0.717, 1.165) is 16.7 Å². The van der Waals surface area contributed by atoms with Crippen LogP contribution in [0.4, 0.5) is 5.13 Å². The molecule has 3 N–H and O–H groups in total. The highest BCUT2D eigenvalue weighted by Gasteiger charge is 2.57. The fraction of sp³-hybridized carbons (Fsp3) is 0.182. The second kappa shape index (κ2) is 12.1. The summed E-state index contributed by atoms with van der Waals surface area (Å²) in [6.07, 6.45) is -1.37. The number of benzene rings is 3. The van der Waals surface area contributed by atoms with Gasteiger partial charge in [0.25, 0.3) is 11.8 Å². The number of hydrogen-bond donors (Lipinski definition) is 3. The number of β-lactam (4-membered cyclic amide) rings is 1. The van der Waals surface area contributed by atoms with E-state index in [4.69, 9.17) is 14.6 Å². The Kier molecular flexibility index (Phi) is 7.80. The second-order valence-corrected chi connectivity index (χ2v) is 12.6. The van der Waals surface area contributed by atoms with Crippen molar-refractivity contribution in [1.29, 1.82) is 0 Å². The number of amides is 2. The summed E-state index contributed by atoms with van der Waals surface area (Å²) in [7, 11) is 1.32. The van der Waals surface area contributed by atoms with Crippen LogP contribution in [0.1, 0.15) is 22.4 Å². The number of oxime groups is 1. The lowest BCUT2D eigenvalue weighted by Gasteiger charge is -2.48. The fourth-order valence-electron chi connectivity index (χ4n) is 5.94. The van der Waals surface area contributed by atoms with Gasteiger partial charge in [-0.1, -0.05) is 96.2 Å². The first-order valence-corrected chi connectivity index (χ1v) is 16.2. The molecule has 0 aliphatic carbocycles. The lowest BCUT2D eigenvalue weighted by Crippen LogP contribution is -2.70. The third-order valence-electron chi connectivity index (χ3n) is 8.05. The standard InChI is InChI=1S/C33H27N5O6S2/c1-43-37-24(27(39)35-25-28(40)38-26-22(17-45-29(25)38)30(41)44-31(26)42)23-18-46-32(34-23)36-33(19-11-5-2-6-12-19,20-13-7-3-8-14-20)21-15-9-4-10-16-21/h2-16,18,25,29-30,41H,17H2,1H3,(H,34,36)(H,35,39)/b37-24+. The Hall–Kier alpha value is -4.98. The number of carbonyl (C=O) groups excluding carboxylic acids is 3. The summed E-state index contributed by atoms with van der Waals surface area (Å²) in [6.45, 7) is 0. The molecule has 3 aliphatic heterocycles. The molecule has 1 fully saturated rings. The second-order valence-electron chi connectivity index (χ2n) is 10.6. The molecule has 3 unspecified atom stereocenters. The normalized spacial score (nSPS) is 20.8. The molecule has 4 aromatic rings. The Morgan fingerprint density at radius 1 is 1.00 bits per heavy atom. The predicted octanol–water partition coefficient (Wildman–Crippen LogP) is 3.43. The molecule has 2 amide bonds. The minimum atomic E-state index is -1.37. The van der Waals surface area contributed by atoms with E-state index in [9.17, 15) is 19.5 Å². The Balaban J connectivity index is 1.18. The van der Waals surface area contributed by atoms with E-state index in [-0.39, 0.29) is 22.9 Å². The Labute approximate surface area is 271 Å². The maximum Gasteiger partial charge on any atom is 0.357 e. The zero-order chi connectivity index (χ0) is 31.8. The number of aromatic nitrogens is 1. The van der Waals surface area contributed by atoms with Gasteiger partial charge in [-0.3, -0.25) is 14.5 Å². The van der Waals surface area contributed by atoms with Crippen LogP contribution < -0.4 is 10.6 Å². The lowest BCUT2D eigenvalue weighted by molar-refractivity contribution is -0.157. The molecule has 3 atom stereocenters. The maximum atomic E-state index is 13.6. The fourth-order valence-corrected chi connectivity index (χ4v) is 8.05. The average Bonchev–Trinajstić information content (AvgIpc) is 3.67. The number of cyclic esters (lactones) is 1. The summed E-state index contributed by atoms with van der Waals surface area (Å²) in [5.41, 5.74) is 2.68. The van der Waals surface area contributed by atoms with Gasteiger partial charge in [0.2, 0.25) is 6.29 Å². The van der Waals surface area contributed by atoms with E-state index in [1.807, 2.05) is 54.6 Å². The number of nitrogens with one attached hydrogen (secondary N) is 2. The number of nitrogens with zero attached hydrogens (tertiary/aromatic N) is 3. The molecule has 0 spiro atoms. The summed E-state index contributed by atoms with van der Waals surface area (Å²) in [5, 5.41) is 22.1. The van der Waals surface area contributed by atoms with Crippen LogP contribution in [0.2, 0.25) is 0 Å². The molecule has 13 heteroatoms. The molecular formula is C33H27N5O6S2. The molecule has 0 bridgehead atoms. The number of rotatable bonds is 9. The topological polar surface area (TPSA) is 142 Å². The summed E-state index contributed by atoms with van der Waals surface area (Å²) in [6, 6.07) is 29.2. The highest BCUT2D eigenvalue weighted by atomic mass is 32.2. The van der Waals surface area contributed by atoms with Crippen molar-refractivity contribution in [2.24, 2.45) is 5.16 Å². The van der Waals surface area contributed by atoms with E-state index >= 15 is 0 Å². The van der Waals surface area contributed by atoms with E-state index in [1.54, 1.807) is 5.38 Å². The number of anilines is 1. The van der Waals surface area contributed by atoms with Gasteiger partial charge < -0.3 is 25.3 Å². The van der Waals surface area contributed by atoms with Gasteiger partial charge in [-0.05, 0) is 16.7 Å². The van der Waals surface area contributed by atoms with Gasteiger partial charge in [0, 0.05) is 16.7 Å². The van der Waals surface area contributed by atoms with Crippen LogP contribution in [0.3, 0.4) is 0 Å². The van der Waals surface area contributed by atoms with Gasteiger partial charge in [-0.15, -0.1) is 23.1 Å². The van der Waals surface area contributed by atoms with Crippen molar-refractivity contribution in [3.63, 3.8) is 0 Å². The Bertz CT molecular complexity index is 1770. The van der Waals surface area contributed by atoms with Crippen LogP contribution >= 0.6 is 23.1 Å². The number of ether oxygens (including phenoxy) is 1. The molecular weight excluding hydrogens is 627 g/mol. The smallest absolute Gasteiger partial charge is 0.357 e. The van der Waals surface area contributed by atoms with E-state index < -0.39 is 41.0 Å².